The maximum absolute atomic E-state index is 12.7. The number of aromatic nitrogens is 1. The lowest BCUT2D eigenvalue weighted by atomic mass is 10.1. The van der Waals surface area contributed by atoms with Crippen LogP contribution in [0.25, 0.3) is 10.8 Å². The Labute approximate surface area is 118 Å². The third-order valence-corrected chi connectivity index (χ3v) is 3.72. The number of hydrogen-bond donors (Lipinski definition) is 1. The quantitative estimate of drug-likeness (QED) is 0.862. The lowest BCUT2D eigenvalue weighted by Gasteiger charge is -2.36. The number of amides is 1. The molecule has 0 radical (unpaired) electrons. The zero-order chi connectivity index (χ0) is 14.1. The number of carbonyl (C=O) groups excluding carboxylic acids is 1. The van der Waals surface area contributed by atoms with Crippen LogP contribution in [0.3, 0.4) is 0 Å². The molecule has 104 valence electrons. The zero-order valence-electron chi connectivity index (χ0n) is 11.8. The monoisotopic (exact) mass is 269 g/mol. The van der Waals surface area contributed by atoms with Gasteiger partial charge in [-0.3, -0.25) is 9.78 Å². The molecule has 0 bridgehead atoms. The van der Waals surface area contributed by atoms with E-state index in [1.54, 1.807) is 6.20 Å². The van der Waals surface area contributed by atoms with Gasteiger partial charge in [-0.05, 0) is 25.3 Å². The van der Waals surface area contributed by atoms with Crippen molar-refractivity contribution >= 4 is 16.7 Å². The van der Waals surface area contributed by atoms with E-state index in [4.69, 9.17) is 0 Å². The number of pyridine rings is 1. The molecular formula is C16H19N3O. The number of hydrogen-bond acceptors (Lipinski definition) is 3. The molecule has 0 aliphatic carbocycles. The number of carbonyl (C=O) groups is 1. The van der Waals surface area contributed by atoms with Crippen LogP contribution in [-0.2, 0) is 0 Å². The molecular weight excluding hydrogens is 250 g/mol. The van der Waals surface area contributed by atoms with Crippen LogP contribution in [0, 0.1) is 0 Å². The van der Waals surface area contributed by atoms with Crippen molar-refractivity contribution in [3.63, 3.8) is 0 Å². The van der Waals surface area contributed by atoms with Gasteiger partial charge in [-0.2, -0.15) is 0 Å². The van der Waals surface area contributed by atoms with Gasteiger partial charge < -0.3 is 10.2 Å². The number of benzene rings is 1. The highest BCUT2D eigenvalue weighted by atomic mass is 16.2. The summed E-state index contributed by atoms with van der Waals surface area (Å²) >= 11 is 0. The van der Waals surface area contributed by atoms with Gasteiger partial charge in [0.15, 0.2) is 0 Å². The molecule has 2 aromatic rings. The van der Waals surface area contributed by atoms with Crippen LogP contribution in [0.5, 0.6) is 0 Å². The van der Waals surface area contributed by atoms with E-state index in [1.807, 2.05) is 35.2 Å². The Hall–Kier alpha value is -1.94. The van der Waals surface area contributed by atoms with E-state index in [0.29, 0.717) is 17.8 Å². The van der Waals surface area contributed by atoms with Crippen LogP contribution < -0.4 is 5.32 Å². The van der Waals surface area contributed by atoms with E-state index < -0.39 is 0 Å². The lowest BCUT2D eigenvalue weighted by Crippen LogP contribution is -2.55. The summed E-state index contributed by atoms with van der Waals surface area (Å²) in [4.78, 5) is 19.0. The van der Waals surface area contributed by atoms with Crippen LogP contribution in [0.4, 0.5) is 0 Å². The molecule has 2 atom stereocenters. The van der Waals surface area contributed by atoms with Crippen LogP contribution >= 0.6 is 0 Å². The standard InChI is InChI=1S/C16H19N3O/c1-11-9-19(10-12(2)18-11)16(20)15-14-6-4-3-5-13(14)7-8-17-15/h3-8,11-12,18H,9-10H2,1-2H3/t11-,12-/m0/s1. The molecule has 1 fully saturated rings. The van der Waals surface area contributed by atoms with E-state index in [9.17, 15) is 4.79 Å². The summed E-state index contributed by atoms with van der Waals surface area (Å²) in [6, 6.07) is 10.5. The Morgan fingerprint density at radius 1 is 1.20 bits per heavy atom. The van der Waals surface area contributed by atoms with Crippen LogP contribution in [0.15, 0.2) is 36.5 Å². The first kappa shape index (κ1) is 13.1. The molecule has 1 amide bonds. The highest BCUT2D eigenvalue weighted by Crippen LogP contribution is 2.19. The molecule has 3 rings (SSSR count). The van der Waals surface area contributed by atoms with E-state index in [2.05, 4.69) is 24.1 Å². The van der Waals surface area contributed by atoms with Gasteiger partial charge in [0, 0.05) is 36.8 Å². The number of piperazine rings is 1. The normalized spacial score (nSPS) is 23.0. The Morgan fingerprint density at radius 3 is 2.65 bits per heavy atom. The van der Waals surface area contributed by atoms with Gasteiger partial charge >= 0.3 is 0 Å². The number of nitrogens with one attached hydrogen (secondary N) is 1. The smallest absolute Gasteiger partial charge is 0.273 e. The van der Waals surface area contributed by atoms with Gasteiger partial charge in [0.05, 0.1) is 0 Å². The third kappa shape index (κ3) is 2.39. The summed E-state index contributed by atoms with van der Waals surface area (Å²) in [6.45, 7) is 5.67. The molecule has 4 nitrogen and oxygen atoms in total. The summed E-state index contributed by atoms with van der Waals surface area (Å²) in [5.74, 6) is 0.0296. The highest BCUT2D eigenvalue weighted by molar-refractivity contribution is 6.05. The molecule has 1 aliphatic rings. The Morgan fingerprint density at radius 2 is 1.90 bits per heavy atom. The average molecular weight is 269 g/mol. The van der Waals surface area contributed by atoms with E-state index >= 15 is 0 Å². The topological polar surface area (TPSA) is 45.2 Å². The third-order valence-electron chi connectivity index (χ3n) is 3.72. The predicted molar refractivity (Wildman–Crippen MR) is 79.7 cm³/mol. The molecule has 0 spiro atoms. The first-order valence-corrected chi connectivity index (χ1v) is 7.04. The Bertz CT molecular complexity index is 625. The lowest BCUT2D eigenvalue weighted by molar-refractivity contribution is 0.0670. The first-order chi connectivity index (χ1) is 9.65. The molecule has 1 N–H and O–H groups in total. The molecule has 1 aromatic carbocycles. The summed E-state index contributed by atoms with van der Waals surface area (Å²) in [6.07, 6.45) is 1.71. The fourth-order valence-corrected chi connectivity index (χ4v) is 2.93. The van der Waals surface area contributed by atoms with Gasteiger partial charge in [0.25, 0.3) is 5.91 Å². The van der Waals surface area contributed by atoms with Crippen LogP contribution in [0.1, 0.15) is 24.3 Å². The number of rotatable bonds is 1. The average Bonchev–Trinajstić information content (AvgIpc) is 2.45. The van der Waals surface area contributed by atoms with Gasteiger partial charge in [-0.1, -0.05) is 24.3 Å². The van der Waals surface area contributed by atoms with E-state index in [1.165, 1.54) is 0 Å². The van der Waals surface area contributed by atoms with Crippen LogP contribution in [-0.4, -0.2) is 41.0 Å². The summed E-state index contributed by atoms with van der Waals surface area (Å²) in [5, 5.41) is 5.43. The molecule has 2 heterocycles. The van der Waals surface area contributed by atoms with Crippen molar-refractivity contribution in [3.05, 3.63) is 42.2 Å². The second kappa shape index (κ2) is 5.21. The fourth-order valence-electron chi connectivity index (χ4n) is 2.93. The van der Waals surface area contributed by atoms with Gasteiger partial charge in [-0.25, -0.2) is 0 Å². The number of fused-ring (bicyclic) bond motifs is 1. The minimum atomic E-state index is 0.0296. The molecule has 1 saturated heterocycles. The van der Waals surface area contributed by atoms with Crippen molar-refractivity contribution < 1.29 is 4.79 Å². The largest absolute Gasteiger partial charge is 0.334 e. The second-order valence-corrected chi connectivity index (χ2v) is 5.56. The van der Waals surface area contributed by atoms with Gasteiger partial charge in [0.2, 0.25) is 0 Å². The molecule has 1 aromatic heterocycles. The van der Waals surface area contributed by atoms with Crippen molar-refractivity contribution in [2.75, 3.05) is 13.1 Å². The minimum absolute atomic E-state index is 0.0296. The SMILES string of the molecule is C[C@H]1CN(C(=O)c2nccc3ccccc23)C[C@H](C)N1. The summed E-state index contributed by atoms with van der Waals surface area (Å²) in [7, 11) is 0. The van der Waals surface area contributed by atoms with Gasteiger partial charge in [0.1, 0.15) is 5.69 Å². The first-order valence-electron chi connectivity index (χ1n) is 7.04. The van der Waals surface area contributed by atoms with Crippen molar-refractivity contribution in [1.29, 1.82) is 0 Å². The van der Waals surface area contributed by atoms with Gasteiger partial charge in [-0.15, -0.1) is 0 Å². The van der Waals surface area contributed by atoms with Crippen molar-refractivity contribution in [2.45, 2.75) is 25.9 Å². The maximum Gasteiger partial charge on any atom is 0.273 e. The summed E-state index contributed by atoms with van der Waals surface area (Å²) < 4.78 is 0. The highest BCUT2D eigenvalue weighted by Gasteiger charge is 2.27. The van der Waals surface area contributed by atoms with Crippen molar-refractivity contribution in [2.24, 2.45) is 0 Å². The van der Waals surface area contributed by atoms with Crippen LogP contribution in [0.2, 0.25) is 0 Å². The zero-order valence-corrected chi connectivity index (χ0v) is 11.8. The fraction of sp³-hybridized carbons (Fsp3) is 0.375. The Balaban J connectivity index is 1.96. The molecule has 1 aliphatic heterocycles. The van der Waals surface area contributed by atoms with Crippen molar-refractivity contribution in [3.8, 4) is 0 Å². The predicted octanol–water partition coefficient (Wildman–Crippen LogP) is 2.06. The minimum Gasteiger partial charge on any atom is -0.334 e. The second-order valence-electron chi connectivity index (χ2n) is 5.56. The van der Waals surface area contributed by atoms with E-state index in [0.717, 1.165) is 23.9 Å². The maximum atomic E-state index is 12.7. The van der Waals surface area contributed by atoms with E-state index in [-0.39, 0.29) is 5.91 Å². The molecule has 4 heteroatoms. The van der Waals surface area contributed by atoms with Crippen molar-refractivity contribution in [1.82, 2.24) is 15.2 Å². The molecule has 20 heavy (non-hydrogen) atoms. The Kier molecular flexibility index (Phi) is 3.40. The number of nitrogens with zero attached hydrogens (tertiary/aromatic N) is 2. The molecule has 0 saturated carbocycles. The molecule has 0 unspecified atom stereocenters. The summed E-state index contributed by atoms with van der Waals surface area (Å²) in [5.41, 5.74) is 0.560.